The van der Waals surface area contributed by atoms with Gasteiger partial charge in [0.15, 0.2) is 0 Å². The Morgan fingerprint density at radius 1 is 1.30 bits per heavy atom. The second kappa shape index (κ2) is 7.07. The second-order valence-electron chi connectivity index (χ2n) is 6.41. The number of ether oxygens (including phenoxy) is 1. The van der Waals surface area contributed by atoms with Crippen LogP contribution in [0.5, 0.6) is 5.88 Å². The van der Waals surface area contributed by atoms with Crippen molar-refractivity contribution < 1.29 is 4.74 Å². The van der Waals surface area contributed by atoms with E-state index in [0.717, 1.165) is 24.7 Å². The normalized spacial score (nSPS) is 16.1. The van der Waals surface area contributed by atoms with Crippen LogP contribution in [0, 0.1) is 19.8 Å². The monoisotopic (exact) mass is 276 g/mol. The number of aromatic nitrogens is 1. The molecule has 1 heterocycles. The van der Waals surface area contributed by atoms with Gasteiger partial charge in [-0.15, -0.1) is 0 Å². The Morgan fingerprint density at radius 2 is 2.00 bits per heavy atom. The Morgan fingerprint density at radius 3 is 2.65 bits per heavy atom. The number of pyridine rings is 1. The molecule has 0 saturated heterocycles. The minimum Gasteiger partial charge on any atom is -0.474 e. The summed E-state index contributed by atoms with van der Waals surface area (Å²) in [4.78, 5) is 4.63. The van der Waals surface area contributed by atoms with Crippen LogP contribution in [0.2, 0.25) is 0 Å². The molecule has 0 aliphatic heterocycles. The van der Waals surface area contributed by atoms with Crippen molar-refractivity contribution in [2.75, 3.05) is 6.54 Å². The summed E-state index contributed by atoms with van der Waals surface area (Å²) < 4.78 is 6.17. The van der Waals surface area contributed by atoms with Gasteiger partial charge in [-0.05, 0) is 63.6 Å². The quantitative estimate of drug-likeness (QED) is 0.859. The summed E-state index contributed by atoms with van der Waals surface area (Å²) in [5.41, 5.74) is 3.55. The number of aryl methyl sites for hydroxylation is 2. The molecule has 0 aromatic carbocycles. The van der Waals surface area contributed by atoms with Crippen LogP contribution in [-0.2, 0) is 6.54 Å². The van der Waals surface area contributed by atoms with Crippen molar-refractivity contribution in [3.05, 3.63) is 22.9 Å². The number of rotatable bonds is 6. The fourth-order valence-electron chi connectivity index (χ4n) is 2.79. The minimum absolute atomic E-state index is 0.368. The molecule has 1 aliphatic rings. The highest BCUT2D eigenvalue weighted by molar-refractivity contribution is 5.36. The van der Waals surface area contributed by atoms with Crippen molar-refractivity contribution in [3.8, 4) is 5.88 Å². The van der Waals surface area contributed by atoms with E-state index in [2.05, 4.69) is 37.1 Å². The Kier molecular flexibility index (Phi) is 5.41. The molecule has 0 bridgehead atoms. The van der Waals surface area contributed by atoms with E-state index in [1.54, 1.807) is 0 Å². The van der Waals surface area contributed by atoms with Crippen LogP contribution in [0.4, 0.5) is 0 Å². The summed E-state index contributed by atoms with van der Waals surface area (Å²) >= 11 is 0. The van der Waals surface area contributed by atoms with Crippen LogP contribution in [0.25, 0.3) is 0 Å². The maximum atomic E-state index is 6.17. The molecular weight excluding hydrogens is 248 g/mol. The Labute approximate surface area is 123 Å². The maximum absolute atomic E-state index is 6.17. The van der Waals surface area contributed by atoms with Crippen molar-refractivity contribution in [3.63, 3.8) is 0 Å². The smallest absolute Gasteiger partial charge is 0.218 e. The summed E-state index contributed by atoms with van der Waals surface area (Å²) in [7, 11) is 0. The zero-order chi connectivity index (χ0) is 14.5. The standard InChI is InChI=1S/C17H28N2O/c1-12(2)10-18-11-16-13(3)9-14(4)19-17(16)20-15-7-5-6-8-15/h9,12,15,18H,5-8,10-11H2,1-4H3. The predicted octanol–water partition coefficient (Wildman–Crippen LogP) is 3.77. The summed E-state index contributed by atoms with van der Waals surface area (Å²) in [6, 6.07) is 2.15. The van der Waals surface area contributed by atoms with Gasteiger partial charge in [0.25, 0.3) is 0 Å². The van der Waals surface area contributed by atoms with Gasteiger partial charge >= 0.3 is 0 Å². The number of hydrogen-bond donors (Lipinski definition) is 1. The van der Waals surface area contributed by atoms with Gasteiger partial charge in [0.1, 0.15) is 6.10 Å². The van der Waals surface area contributed by atoms with Crippen LogP contribution in [0.1, 0.15) is 56.4 Å². The first kappa shape index (κ1) is 15.3. The molecule has 3 nitrogen and oxygen atoms in total. The molecule has 0 atom stereocenters. The topological polar surface area (TPSA) is 34.1 Å². The van der Waals surface area contributed by atoms with Crippen molar-refractivity contribution in [2.24, 2.45) is 5.92 Å². The highest BCUT2D eigenvalue weighted by Crippen LogP contribution is 2.27. The molecule has 0 radical (unpaired) electrons. The van der Waals surface area contributed by atoms with E-state index in [9.17, 15) is 0 Å². The van der Waals surface area contributed by atoms with Gasteiger partial charge < -0.3 is 10.1 Å². The molecule has 2 rings (SSSR count). The van der Waals surface area contributed by atoms with Crippen LogP contribution in [0.3, 0.4) is 0 Å². The van der Waals surface area contributed by atoms with Gasteiger partial charge in [-0.2, -0.15) is 0 Å². The van der Waals surface area contributed by atoms with E-state index in [1.807, 2.05) is 6.92 Å². The lowest BCUT2D eigenvalue weighted by molar-refractivity contribution is 0.198. The molecule has 1 saturated carbocycles. The zero-order valence-corrected chi connectivity index (χ0v) is 13.3. The summed E-state index contributed by atoms with van der Waals surface area (Å²) in [6.07, 6.45) is 5.29. The van der Waals surface area contributed by atoms with Crippen LogP contribution < -0.4 is 10.1 Å². The molecule has 1 aromatic heterocycles. The minimum atomic E-state index is 0.368. The van der Waals surface area contributed by atoms with Crippen molar-refractivity contribution in [2.45, 2.75) is 66.0 Å². The molecule has 0 spiro atoms. The average molecular weight is 276 g/mol. The maximum Gasteiger partial charge on any atom is 0.218 e. The van der Waals surface area contributed by atoms with E-state index in [4.69, 9.17) is 4.74 Å². The Balaban J connectivity index is 2.10. The molecule has 3 heteroatoms. The lowest BCUT2D eigenvalue weighted by atomic mass is 10.1. The number of nitrogens with one attached hydrogen (secondary N) is 1. The van der Waals surface area contributed by atoms with E-state index in [1.165, 1.54) is 36.8 Å². The van der Waals surface area contributed by atoms with Gasteiger partial charge in [-0.25, -0.2) is 4.98 Å². The van der Waals surface area contributed by atoms with Gasteiger partial charge in [-0.3, -0.25) is 0 Å². The molecule has 20 heavy (non-hydrogen) atoms. The predicted molar refractivity (Wildman–Crippen MR) is 83.1 cm³/mol. The lowest BCUT2D eigenvalue weighted by Crippen LogP contribution is -2.22. The van der Waals surface area contributed by atoms with Crippen LogP contribution in [-0.4, -0.2) is 17.6 Å². The van der Waals surface area contributed by atoms with Crippen LogP contribution in [0.15, 0.2) is 6.07 Å². The summed E-state index contributed by atoms with van der Waals surface area (Å²) in [5.74, 6) is 1.51. The third-order valence-electron chi connectivity index (χ3n) is 3.87. The van der Waals surface area contributed by atoms with Gasteiger partial charge in [0, 0.05) is 17.8 Å². The molecule has 0 unspecified atom stereocenters. The third kappa shape index (κ3) is 4.20. The molecular formula is C17H28N2O. The Bertz CT molecular complexity index is 437. The first-order valence-corrected chi connectivity index (χ1v) is 7.90. The molecule has 112 valence electrons. The highest BCUT2D eigenvalue weighted by atomic mass is 16.5. The summed E-state index contributed by atoms with van der Waals surface area (Å²) in [6.45, 7) is 10.5. The number of hydrogen-bond acceptors (Lipinski definition) is 3. The van der Waals surface area contributed by atoms with E-state index >= 15 is 0 Å². The van der Waals surface area contributed by atoms with Crippen molar-refractivity contribution >= 4 is 0 Å². The molecule has 0 amide bonds. The third-order valence-corrected chi connectivity index (χ3v) is 3.87. The summed E-state index contributed by atoms with van der Waals surface area (Å²) in [5, 5.41) is 3.51. The van der Waals surface area contributed by atoms with Crippen LogP contribution >= 0.6 is 0 Å². The molecule has 1 N–H and O–H groups in total. The molecule has 1 aromatic rings. The van der Waals surface area contributed by atoms with Gasteiger partial charge in [-0.1, -0.05) is 13.8 Å². The van der Waals surface area contributed by atoms with Gasteiger partial charge in [0.05, 0.1) is 0 Å². The molecule has 1 aliphatic carbocycles. The number of nitrogens with zero attached hydrogens (tertiary/aromatic N) is 1. The zero-order valence-electron chi connectivity index (χ0n) is 13.3. The largest absolute Gasteiger partial charge is 0.474 e. The first-order chi connectivity index (χ1) is 9.56. The second-order valence-corrected chi connectivity index (χ2v) is 6.41. The fraction of sp³-hybridized carbons (Fsp3) is 0.706. The van der Waals surface area contributed by atoms with Gasteiger partial charge in [0.2, 0.25) is 5.88 Å². The molecule has 1 fully saturated rings. The average Bonchev–Trinajstić information content (AvgIpc) is 2.85. The van der Waals surface area contributed by atoms with Crippen molar-refractivity contribution in [1.82, 2.24) is 10.3 Å². The first-order valence-electron chi connectivity index (χ1n) is 7.90. The highest BCUT2D eigenvalue weighted by Gasteiger charge is 2.19. The van der Waals surface area contributed by atoms with E-state index < -0.39 is 0 Å². The Hall–Kier alpha value is -1.09. The van der Waals surface area contributed by atoms with E-state index in [-0.39, 0.29) is 0 Å². The van der Waals surface area contributed by atoms with E-state index in [0.29, 0.717) is 12.0 Å². The lowest BCUT2D eigenvalue weighted by Gasteiger charge is -2.18. The SMILES string of the molecule is Cc1cc(C)c(CNCC(C)C)c(OC2CCCC2)n1. The van der Waals surface area contributed by atoms with Crippen molar-refractivity contribution in [1.29, 1.82) is 0 Å². The fourth-order valence-corrected chi connectivity index (χ4v) is 2.79.